The van der Waals surface area contributed by atoms with Crippen LogP contribution < -0.4 is 5.73 Å². The molecular formula is C19H19BrN2O4. The minimum absolute atomic E-state index is 0.0419. The molecule has 0 saturated carbocycles. The van der Waals surface area contributed by atoms with Crippen molar-refractivity contribution in [2.75, 3.05) is 0 Å². The topological polar surface area (TPSA) is 101 Å². The standard InChI is InChI=1S/C19H19BrN2O4/c20-15-8-6-14(7-9-15)19(26)22(12-13-4-2-1-3-5-13)16(18(21)25)10-11-17(23)24/h1-9,16H,10-12H2,(H2,21,25)(H,23,24)/t16-/m0/s1. The monoisotopic (exact) mass is 418 g/mol. The van der Waals surface area contributed by atoms with E-state index in [1.165, 1.54) is 4.90 Å². The molecule has 0 bridgehead atoms. The van der Waals surface area contributed by atoms with E-state index in [2.05, 4.69) is 15.9 Å². The summed E-state index contributed by atoms with van der Waals surface area (Å²) in [5.41, 5.74) is 6.70. The van der Waals surface area contributed by atoms with Crippen molar-refractivity contribution in [3.8, 4) is 0 Å². The van der Waals surface area contributed by atoms with Crippen LogP contribution in [0.5, 0.6) is 0 Å². The molecule has 2 aromatic rings. The summed E-state index contributed by atoms with van der Waals surface area (Å²) in [6.07, 6.45) is -0.299. The van der Waals surface area contributed by atoms with Crippen LogP contribution in [0.25, 0.3) is 0 Å². The molecule has 136 valence electrons. The Morgan fingerprint density at radius 3 is 2.19 bits per heavy atom. The fraction of sp³-hybridized carbons (Fsp3) is 0.211. The fourth-order valence-corrected chi connectivity index (χ4v) is 2.84. The number of amides is 2. The molecule has 0 fully saturated rings. The van der Waals surface area contributed by atoms with E-state index in [1.807, 2.05) is 30.3 Å². The molecule has 0 spiro atoms. The highest BCUT2D eigenvalue weighted by Crippen LogP contribution is 2.18. The lowest BCUT2D eigenvalue weighted by Crippen LogP contribution is -2.47. The second-order valence-electron chi connectivity index (χ2n) is 5.78. The number of benzene rings is 2. The SMILES string of the molecule is NC(=O)[C@H](CCC(=O)O)N(Cc1ccccc1)C(=O)c1ccc(Br)cc1. The Hall–Kier alpha value is -2.67. The molecule has 0 aliphatic rings. The van der Waals surface area contributed by atoms with Gasteiger partial charge >= 0.3 is 5.97 Å². The molecule has 3 N–H and O–H groups in total. The summed E-state index contributed by atoms with van der Waals surface area (Å²) in [6.45, 7) is 0.156. The zero-order valence-corrected chi connectivity index (χ0v) is 15.6. The van der Waals surface area contributed by atoms with Gasteiger partial charge in [-0.1, -0.05) is 46.3 Å². The molecule has 0 saturated heterocycles. The lowest BCUT2D eigenvalue weighted by molar-refractivity contribution is -0.137. The number of halogens is 1. The highest BCUT2D eigenvalue weighted by molar-refractivity contribution is 9.10. The van der Waals surface area contributed by atoms with Gasteiger partial charge in [0.15, 0.2) is 0 Å². The van der Waals surface area contributed by atoms with Crippen LogP contribution in [0.1, 0.15) is 28.8 Å². The van der Waals surface area contributed by atoms with Crippen molar-refractivity contribution in [3.05, 3.63) is 70.2 Å². The largest absolute Gasteiger partial charge is 0.481 e. The van der Waals surface area contributed by atoms with Gasteiger partial charge < -0.3 is 15.7 Å². The first-order chi connectivity index (χ1) is 12.4. The van der Waals surface area contributed by atoms with Gasteiger partial charge in [0.05, 0.1) is 0 Å². The van der Waals surface area contributed by atoms with Crippen molar-refractivity contribution >= 4 is 33.7 Å². The van der Waals surface area contributed by atoms with Crippen LogP contribution in [0.3, 0.4) is 0 Å². The molecule has 0 aliphatic carbocycles. The fourth-order valence-electron chi connectivity index (χ4n) is 2.57. The van der Waals surface area contributed by atoms with Gasteiger partial charge in [0.25, 0.3) is 5.91 Å². The van der Waals surface area contributed by atoms with Crippen LogP contribution in [0.4, 0.5) is 0 Å². The molecule has 26 heavy (non-hydrogen) atoms. The molecule has 0 heterocycles. The summed E-state index contributed by atoms with van der Waals surface area (Å²) in [5, 5.41) is 8.94. The van der Waals surface area contributed by atoms with Gasteiger partial charge in [-0.25, -0.2) is 0 Å². The number of carboxylic acid groups (broad SMARTS) is 1. The van der Waals surface area contributed by atoms with Crippen LogP contribution in [0.2, 0.25) is 0 Å². The van der Waals surface area contributed by atoms with Gasteiger partial charge in [-0.05, 0) is 36.2 Å². The number of carboxylic acids is 1. The minimum atomic E-state index is -1.05. The normalized spacial score (nSPS) is 11.6. The van der Waals surface area contributed by atoms with Crippen LogP contribution in [-0.4, -0.2) is 33.8 Å². The maximum absolute atomic E-state index is 13.0. The number of hydrogen-bond acceptors (Lipinski definition) is 3. The lowest BCUT2D eigenvalue weighted by atomic mass is 10.1. The second-order valence-corrected chi connectivity index (χ2v) is 6.69. The number of aliphatic carboxylic acids is 1. The van der Waals surface area contributed by atoms with E-state index in [9.17, 15) is 14.4 Å². The molecular weight excluding hydrogens is 400 g/mol. The third-order valence-corrected chi connectivity index (χ3v) is 4.41. The Morgan fingerprint density at radius 1 is 1.04 bits per heavy atom. The first kappa shape index (κ1) is 19.7. The number of primary amides is 1. The second kappa shape index (κ2) is 9.15. The summed E-state index contributed by atoms with van der Waals surface area (Å²) in [6, 6.07) is 14.9. The van der Waals surface area contributed by atoms with Gasteiger partial charge in [0.1, 0.15) is 6.04 Å². The third kappa shape index (κ3) is 5.42. The molecule has 0 unspecified atom stereocenters. The molecule has 2 amide bonds. The number of hydrogen-bond donors (Lipinski definition) is 2. The van der Waals surface area contributed by atoms with E-state index in [0.717, 1.165) is 10.0 Å². The van der Waals surface area contributed by atoms with Crippen molar-refractivity contribution in [3.63, 3.8) is 0 Å². The minimum Gasteiger partial charge on any atom is -0.481 e. The van der Waals surface area contributed by atoms with Crippen molar-refractivity contribution in [1.82, 2.24) is 4.90 Å². The highest BCUT2D eigenvalue weighted by atomic mass is 79.9. The Balaban J connectivity index is 2.35. The summed E-state index contributed by atoms with van der Waals surface area (Å²) in [4.78, 5) is 37.2. The number of carbonyl (C=O) groups excluding carboxylic acids is 2. The number of nitrogens with two attached hydrogens (primary N) is 1. The van der Waals surface area contributed by atoms with E-state index in [1.54, 1.807) is 24.3 Å². The predicted molar refractivity (Wildman–Crippen MR) is 100 cm³/mol. The van der Waals surface area contributed by atoms with E-state index in [0.29, 0.717) is 5.56 Å². The summed E-state index contributed by atoms with van der Waals surface area (Å²) in [5.74, 6) is -2.16. The summed E-state index contributed by atoms with van der Waals surface area (Å²) >= 11 is 3.31. The predicted octanol–water partition coefficient (Wildman–Crippen LogP) is 2.81. The quantitative estimate of drug-likeness (QED) is 0.687. The lowest BCUT2D eigenvalue weighted by Gasteiger charge is -2.30. The average molecular weight is 419 g/mol. The van der Waals surface area contributed by atoms with Gasteiger partial charge in [-0.15, -0.1) is 0 Å². The molecule has 1 atom stereocenters. The van der Waals surface area contributed by atoms with Crippen molar-refractivity contribution in [1.29, 1.82) is 0 Å². The smallest absolute Gasteiger partial charge is 0.303 e. The molecule has 0 aromatic heterocycles. The van der Waals surface area contributed by atoms with Crippen LogP contribution in [-0.2, 0) is 16.1 Å². The third-order valence-electron chi connectivity index (χ3n) is 3.88. The zero-order valence-electron chi connectivity index (χ0n) is 14.0. The van der Waals surface area contributed by atoms with E-state index < -0.39 is 17.9 Å². The first-order valence-electron chi connectivity index (χ1n) is 8.00. The van der Waals surface area contributed by atoms with Gasteiger partial charge in [0.2, 0.25) is 5.91 Å². The number of nitrogens with zero attached hydrogens (tertiary/aromatic N) is 1. The van der Waals surface area contributed by atoms with E-state index in [4.69, 9.17) is 10.8 Å². The number of carbonyl (C=O) groups is 3. The molecule has 0 radical (unpaired) electrons. The zero-order chi connectivity index (χ0) is 19.1. The number of rotatable bonds is 8. The molecule has 6 nitrogen and oxygen atoms in total. The Bertz CT molecular complexity index is 778. The van der Waals surface area contributed by atoms with Crippen LogP contribution in [0, 0.1) is 0 Å². The molecule has 2 rings (SSSR count). The van der Waals surface area contributed by atoms with Crippen molar-refractivity contribution < 1.29 is 19.5 Å². The van der Waals surface area contributed by atoms with E-state index in [-0.39, 0.29) is 25.3 Å². The van der Waals surface area contributed by atoms with Crippen molar-refractivity contribution in [2.24, 2.45) is 5.73 Å². The Labute approximate surface area is 159 Å². The highest BCUT2D eigenvalue weighted by Gasteiger charge is 2.29. The molecule has 0 aliphatic heterocycles. The van der Waals surface area contributed by atoms with Gasteiger partial charge in [0, 0.05) is 23.0 Å². The maximum Gasteiger partial charge on any atom is 0.303 e. The Morgan fingerprint density at radius 2 is 1.65 bits per heavy atom. The molecule has 2 aromatic carbocycles. The summed E-state index contributed by atoms with van der Waals surface area (Å²) < 4.78 is 0.820. The van der Waals surface area contributed by atoms with Gasteiger partial charge in [-0.3, -0.25) is 14.4 Å². The van der Waals surface area contributed by atoms with Crippen molar-refractivity contribution in [2.45, 2.75) is 25.4 Å². The Kier molecular flexibility index (Phi) is 6.91. The average Bonchev–Trinajstić information content (AvgIpc) is 2.61. The summed E-state index contributed by atoms with van der Waals surface area (Å²) in [7, 11) is 0. The van der Waals surface area contributed by atoms with E-state index >= 15 is 0 Å². The first-order valence-corrected chi connectivity index (χ1v) is 8.79. The van der Waals surface area contributed by atoms with Crippen LogP contribution >= 0.6 is 15.9 Å². The van der Waals surface area contributed by atoms with Gasteiger partial charge in [-0.2, -0.15) is 0 Å². The van der Waals surface area contributed by atoms with Crippen LogP contribution in [0.15, 0.2) is 59.1 Å². The maximum atomic E-state index is 13.0. The molecule has 7 heteroatoms.